The zero-order valence-corrected chi connectivity index (χ0v) is 11.2. The van der Waals surface area contributed by atoms with Crippen molar-refractivity contribution in [2.45, 2.75) is 23.1 Å². The lowest BCUT2D eigenvalue weighted by atomic mass is 10.0. The minimum absolute atomic E-state index is 0.112. The van der Waals surface area contributed by atoms with Crippen molar-refractivity contribution in [2.24, 2.45) is 0 Å². The molecule has 4 heteroatoms. The zero-order valence-electron chi connectivity index (χ0n) is 10.4. The van der Waals surface area contributed by atoms with E-state index in [0.717, 1.165) is 12.0 Å². The number of carbonyl (C=O) groups is 1. The molecule has 0 amide bonds. The Bertz CT molecular complexity index is 789. The van der Waals surface area contributed by atoms with E-state index in [4.69, 9.17) is 0 Å². The number of aryl methyl sites for hydroxylation is 1. The van der Waals surface area contributed by atoms with Crippen LogP contribution in [0.4, 0.5) is 0 Å². The normalized spacial score (nSPS) is 15.7. The molecule has 0 bridgehead atoms. The van der Waals surface area contributed by atoms with Gasteiger partial charge in [0.2, 0.25) is 9.84 Å². The molecule has 2 aromatic rings. The summed E-state index contributed by atoms with van der Waals surface area (Å²) < 4.78 is 25.1. The van der Waals surface area contributed by atoms with Crippen LogP contribution in [0.15, 0.2) is 52.3 Å². The second-order valence-electron chi connectivity index (χ2n) is 4.51. The quantitative estimate of drug-likeness (QED) is 0.684. The molecule has 0 fully saturated rings. The molecule has 3 nitrogen and oxygen atoms in total. The Balaban J connectivity index is 2.39. The summed E-state index contributed by atoms with van der Waals surface area (Å²) in [4.78, 5) is 12.6. The molecule has 1 aliphatic rings. The van der Waals surface area contributed by atoms with Gasteiger partial charge in [-0.2, -0.15) is 0 Å². The van der Waals surface area contributed by atoms with E-state index in [9.17, 15) is 13.2 Å². The van der Waals surface area contributed by atoms with Gasteiger partial charge in [0, 0.05) is 11.1 Å². The molecule has 3 rings (SSSR count). The summed E-state index contributed by atoms with van der Waals surface area (Å²) in [5.41, 5.74) is 1.45. The van der Waals surface area contributed by atoms with Crippen LogP contribution >= 0.6 is 0 Å². The molecule has 19 heavy (non-hydrogen) atoms. The van der Waals surface area contributed by atoms with Crippen molar-refractivity contribution < 1.29 is 13.2 Å². The molecule has 0 saturated heterocycles. The van der Waals surface area contributed by atoms with Gasteiger partial charge < -0.3 is 0 Å². The molecular formula is C15H12O3S. The van der Waals surface area contributed by atoms with Crippen molar-refractivity contribution in [1.82, 2.24) is 0 Å². The van der Waals surface area contributed by atoms with E-state index >= 15 is 0 Å². The average molecular weight is 272 g/mol. The maximum absolute atomic E-state index is 12.6. The minimum Gasteiger partial charge on any atom is -0.289 e. The van der Waals surface area contributed by atoms with Crippen LogP contribution < -0.4 is 0 Å². The van der Waals surface area contributed by atoms with Gasteiger partial charge >= 0.3 is 0 Å². The summed E-state index contributed by atoms with van der Waals surface area (Å²) in [5.74, 6) is -0.219. The topological polar surface area (TPSA) is 51.2 Å². The highest BCUT2D eigenvalue weighted by Crippen LogP contribution is 2.34. The van der Waals surface area contributed by atoms with Crippen LogP contribution in [0, 0.1) is 0 Å². The molecule has 0 aliphatic carbocycles. The van der Waals surface area contributed by atoms with Gasteiger partial charge in [0.25, 0.3) is 0 Å². The number of ketones is 1. The van der Waals surface area contributed by atoms with Crippen molar-refractivity contribution in [3.05, 3.63) is 59.2 Å². The summed E-state index contributed by atoms with van der Waals surface area (Å²) in [6, 6.07) is 11.4. The molecule has 2 aromatic carbocycles. The summed E-state index contributed by atoms with van der Waals surface area (Å²) in [5, 5.41) is 0. The Morgan fingerprint density at radius 3 is 2.37 bits per heavy atom. The highest BCUT2D eigenvalue weighted by molar-refractivity contribution is 7.91. The van der Waals surface area contributed by atoms with E-state index in [-0.39, 0.29) is 26.7 Å². The van der Waals surface area contributed by atoms with Gasteiger partial charge in [-0.25, -0.2) is 8.42 Å². The summed E-state index contributed by atoms with van der Waals surface area (Å²) >= 11 is 0. The third-order valence-electron chi connectivity index (χ3n) is 3.41. The van der Waals surface area contributed by atoms with E-state index in [1.165, 1.54) is 6.07 Å². The first-order valence-electron chi connectivity index (χ1n) is 6.07. The van der Waals surface area contributed by atoms with Crippen molar-refractivity contribution in [2.75, 3.05) is 0 Å². The molecule has 0 saturated carbocycles. The fraction of sp³-hybridized carbons (Fsp3) is 0.133. The molecule has 1 heterocycles. The van der Waals surface area contributed by atoms with Crippen LogP contribution in [-0.2, 0) is 16.3 Å². The molecule has 0 atom stereocenters. The number of carbonyl (C=O) groups excluding carboxylic acids is 1. The number of hydrogen-bond acceptors (Lipinski definition) is 3. The number of fused-ring (bicyclic) bond motifs is 2. The molecular weight excluding hydrogens is 260 g/mol. The summed E-state index contributed by atoms with van der Waals surface area (Å²) in [6.07, 6.45) is 0.735. The largest absolute Gasteiger partial charge is 0.289 e. The zero-order chi connectivity index (χ0) is 13.6. The molecule has 0 N–H and O–H groups in total. The molecule has 0 radical (unpaired) electrons. The van der Waals surface area contributed by atoms with Crippen LogP contribution in [0.25, 0.3) is 0 Å². The lowest BCUT2D eigenvalue weighted by Gasteiger charge is -2.19. The Labute approximate surface area is 111 Å². The highest BCUT2D eigenvalue weighted by atomic mass is 32.2. The van der Waals surface area contributed by atoms with E-state index in [2.05, 4.69) is 0 Å². The third kappa shape index (κ3) is 1.64. The van der Waals surface area contributed by atoms with Gasteiger partial charge in [-0.3, -0.25) is 4.79 Å². The first kappa shape index (κ1) is 12.1. The lowest BCUT2D eigenvalue weighted by Crippen LogP contribution is -2.20. The molecule has 96 valence electrons. The van der Waals surface area contributed by atoms with Gasteiger partial charge in [0.1, 0.15) is 0 Å². The van der Waals surface area contributed by atoms with Crippen LogP contribution in [0.1, 0.15) is 28.4 Å². The van der Waals surface area contributed by atoms with Gasteiger partial charge in [0.05, 0.1) is 9.79 Å². The Hall–Kier alpha value is -1.94. The molecule has 1 aliphatic heterocycles. The maximum atomic E-state index is 12.6. The second-order valence-corrected chi connectivity index (χ2v) is 6.40. The lowest BCUT2D eigenvalue weighted by molar-refractivity contribution is 0.103. The summed E-state index contributed by atoms with van der Waals surface area (Å²) in [6.45, 7) is 1.95. The predicted molar refractivity (Wildman–Crippen MR) is 71.1 cm³/mol. The average Bonchev–Trinajstić information content (AvgIpc) is 2.45. The fourth-order valence-electron chi connectivity index (χ4n) is 2.35. The van der Waals surface area contributed by atoms with Crippen molar-refractivity contribution in [3.63, 3.8) is 0 Å². The number of rotatable bonds is 1. The predicted octanol–water partition coefficient (Wildman–Crippen LogP) is 2.63. The van der Waals surface area contributed by atoms with Gasteiger partial charge in [-0.1, -0.05) is 25.1 Å². The standard InChI is InChI=1S/C15H12O3S/c1-2-10-7-8-12-14(9-10)19(17,18)13-6-4-3-5-11(13)15(12)16/h3-9H,2H2,1H3. The second kappa shape index (κ2) is 4.03. The maximum Gasteiger partial charge on any atom is 0.208 e. The Morgan fingerprint density at radius 2 is 1.63 bits per heavy atom. The minimum atomic E-state index is -3.59. The van der Waals surface area contributed by atoms with E-state index in [1.54, 1.807) is 36.4 Å². The molecule has 0 aromatic heterocycles. The molecule has 0 unspecified atom stereocenters. The van der Waals surface area contributed by atoms with Gasteiger partial charge in [0.15, 0.2) is 5.78 Å². The fourth-order valence-corrected chi connectivity index (χ4v) is 4.05. The van der Waals surface area contributed by atoms with Crippen molar-refractivity contribution >= 4 is 15.6 Å². The van der Waals surface area contributed by atoms with Crippen LogP contribution in [-0.4, -0.2) is 14.2 Å². The van der Waals surface area contributed by atoms with Crippen LogP contribution in [0.3, 0.4) is 0 Å². The van der Waals surface area contributed by atoms with Crippen LogP contribution in [0.2, 0.25) is 0 Å². The Kier molecular flexibility index (Phi) is 2.57. The van der Waals surface area contributed by atoms with Gasteiger partial charge in [-0.05, 0) is 36.2 Å². The highest BCUT2D eigenvalue weighted by Gasteiger charge is 2.34. The van der Waals surface area contributed by atoms with E-state index in [1.807, 2.05) is 6.92 Å². The first-order valence-corrected chi connectivity index (χ1v) is 7.55. The number of hydrogen-bond donors (Lipinski definition) is 0. The first-order chi connectivity index (χ1) is 9.05. The smallest absolute Gasteiger partial charge is 0.208 e. The summed E-state index contributed by atoms with van der Waals surface area (Å²) in [7, 11) is -3.59. The van der Waals surface area contributed by atoms with E-state index < -0.39 is 9.84 Å². The van der Waals surface area contributed by atoms with E-state index in [0.29, 0.717) is 0 Å². The van der Waals surface area contributed by atoms with Crippen molar-refractivity contribution in [1.29, 1.82) is 0 Å². The number of benzene rings is 2. The van der Waals surface area contributed by atoms with Crippen molar-refractivity contribution in [3.8, 4) is 0 Å². The number of sulfone groups is 1. The SMILES string of the molecule is CCc1ccc2c(c1)S(=O)(=O)c1ccccc1C2=O. The van der Waals surface area contributed by atoms with Crippen LogP contribution in [0.5, 0.6) is 0 Å². The monoisotopic (exact) mass is 272 g/mol. The molecule has 0 spiro atoms. The van der Waals surface area contributed by atoms with Gasteiger partial charge in [-0.15, -0.1) is 0 Å². The third-order valence-corrected chi connectivity index (χ3v) is 5.26. The Morgan fingerprint density at radius 1 is 0.947 bits per heavy atom.